The van der Waals surface area contributed by atoms with E-state index in [2.05, 4.69) is 15.9 Å². The van der Waals surface area contributed by atoms with Gasteiger partial charge < -0.3 is 5.11 Å². The van der Waals surface area contributed by atoms with Crippen molar-refractivity contribution in [2.45, 2.75) is 13.0 Å². The van der Waals surface area contributed by atoms with E-state index in [1.165, 1.54) is 17.0 Å². The molecule has 0 fully saturated rings. The van der Waals surface area contributed by atoms with Gasteiger partial charge in [0.15, 0.2) is 5.76 Å². The van der Waals surface area contributed by atoms with E-state index in [4.69, 9.17) is 0 Å². The van der Waals surface area contributed by atoms with Crippen LogP contribution in [0.25, 0.3) is 5.57 Å². The fraction of sp³-hybridized carbons (Fsp3) is 0.0870. The molecule has 1 aliphatic rings. The SMILES string of the molecule is Cc1ccc(C2=C(O)C(=O)N(c3ccc(F)cc3)C2c2ccc(Br)cc2)cc1. The van der Waals surface area contributed by atoms with Gasteiger partial charge in [-0.1, -0.05) is 57.9 Å². The van der Waals surface area contributed by atoms with Gasteiger partial charge >= 0.3 is 0 Å². The lowest BCUT2D eigenvalue weighted by Gasteiger charge is -2.27. The van der Waals surface area contributed by atoms with Gasteiger partial charge in [0, 0.05) is 15.7 Å². The lowest BCUT2D eigenvalue weighted by atomic mass is 9.93. The van der Waals surface area contributed by atoms with Gasteiger partial charge in [-0.3, -0.25) is 9.69 Å². The third-order valence-corrected chi connectivity index (χ3v) is 5.39. The Labute approximate surface area is 170 Å². The van der Waals surface area contributed by atoms with Crippen LogP contribution in [0.2, 0.25) is 0 Å². The molecule has 28 heavy (non-hydrogen) atoms. The summed E-state index contributed by atoms with van der Waals surface area (Å²) in [7, 11) is 0. The van der Waals surface area contributed by atoms with Gasteiger partial charge in [-0.2, -0.15) is 0 Å². The molecule has 0 saturated heterocycles. The van der Waals surface area contributed by atoms with Crippen molar-refractivity contribution in [3.63, 3.8) is 0 Å². The number of aryl methyl sites for hydroxylation is 1. The predicted molar refractivity (Wildman–Crippen MR) is 111 cm³/mol. The summed E-state index contributed by atoms with van der Waals surface area (Å²) in [6.07, 6.45) is 0. The Balaban J connectivity index is 1.90. The van der Waals surface area contributed by atoms with Crippen molar-refractivity contribution in [3.8, 4) is 0 Å². The van der Waals surface area contributed by atoms with Crippen LogP contribution in [0.15, 0.2) is 83.0 Å². The fourth-order valence-corrected chi connectivity index (χ4v) is 3.73. The topological polar surface area (TPSA) is 40.5 Å². The van der Waals surface area contributed by atoms with E-state index in [1.807, 2.05) is 55.5 Å². The van der Waals surface area contributed by atoms with Gasteiger partial charge in [0.05, 0.1) is 6.04 Å². The summed E-state index contributed by atoms with van der Waals surface area (Å²) in [5, 5.41) is 10.8. The lowest BCUT2D eigenvalue weighted by Crippen LogP contribution is -2.30. The second-order valence-electron chi connectivity index (χ2n) is 6.73. The molecule has 1 aliphatic heterocycles. The Morgan fingerprint density at radius 2 is 1.54 bits per heavy atom. The number of benzene rings is 3. The standard InChI is InChI=1S/C23H17BrFNO2/c1-14-2-4-15(5-3-14)20-21(16-6-8-17(24)9-7-16)26(23(28)22(20)27)19-12-10-18(25)11-13-19/h2-13,21,27H,1H3. The normalized spacial score (nSPS) is 16.8. The molecule has 4 rings (SSSR count). The molecular weight excluding hydrogens is 421 g/mol. The van der Waals surface area contributed by atoms with Gasteiger partial charge in [-0.05, 0) is 54.4 Å². The number of carbonyl (C=O) groups is 1. The van der Waals surface area contributed by atoms with Crippen LogP contribution < -0.4 is 4.90 Å². The van der Waals surface area contributed by atoms with Crippen LogP contribution >= 0.6 is 15.9 Å². The van der Waals surface area contributed by atoms with E-state index >= 15 is 0 Å². The fourth-order valence-electron chi connectivity index (χ4n) is 3.46. The van der Waals surface area contributed by atoms with E-state index in [1.54, 1.807) is 12.1 Å². The maximum absolute atomic E-state index is 13.4. The predicted octanol–water partition coefficient (Wildman–Crippen LogP) is 5.95. The zero-order valence-corrected chi connectivity index (χ0v) is 16.7. The number of aliphatic hydroxyl groups is 1. The minimum absolute atomic E-state index is 0.291. The first-order chi connectivity index (χ1) is 13.5. The summed E-state index contributed by atoms with van der Waals surface area (Å²) in [5.74, 6) is -1.18. The van der Waals surface area contributed by atoms with Crippen LogP contribution in [0.3, 0.4) is 0 Å². The first-order valence-electron chi connectivity index (χ1n) is 8.80. The Morgan fingerprint density at radius 1 is 0.929 bits per heavy atom. The van der Waals surface area contributed by atoms with Crippen molar-refractivity contribution in [2.75, 3.05) is 4.90 Å². The highest BCUT2D eigenvalue weighted by Gasteiger charge is 2.41. The molecule has 140 valence electrons. The Morgan fingerprint density at radius 3 is 2.14 bits per heavy atom. The number of hydrogen-bond donors (Lipinski definition) is 1. The van der Waals surface area contributed by atoms with Crippen LogP contribution in [-0.4, -0.2) is 11.0 Å². The summed E-state index contributed by atoms with van der Waals surface area (Å²) < 4.78 is 14.3. The summed E-state index contributed by atoms with van der Waals surface area (Å²) in [6, 6.07) is 20.5. The second kappa shape index (κ2) is 7.24. The summed E-state index contributed by atoms with van der Waals surface area (Å²) in [5.41, 5.74) is 3.77. The largest absolute Gasteiger partial charge is 0.503 e. The molecule has 0 spiro atoms. The molecule has 0 radical (unpaired) electrons. The molecule has 0 bridgehead atoms. The molecule has 0 aliphatic carbocycles. The van der Waals surface area contributed by atoms with Crippen molar-refractivity contribution in [1.82, 2.24) is 0 Å². The van der Waals surface area contributed by atoms with E-state index in [0.717, 1.165) is 21.2 Å². The van der Waals surface area contributed by atoms with E-state index in [0.29, 0.717) is 11.3 Å². The number of amides is 1. The highest BCUT2D eigenvalue weighted by molar-refractivity contribution is 9.10. The third kappa shape index (κ3) is 3.22. The number of aliphatic hydroxyl groups excluding tert-OH is 1. The number of rotatable bonds is 3. The van der Waals surface area contributed by atoms with Crippen LogP contribution in [0.4, 0.5) is 10.1 Å². The second-order valence-corrected chi connectivity index (χ2v) is 7.65. The van der Waals surface area contributed by atoms with Crippen molar-refractivity contribution in [2.24, 2.45) is 0 Å². The Kier molecular flexibility index (Phi) is 4.77. The average Bonchev–Trinajstić information content (AvgIpc) is 2.95. The highest BCUT2D eigenvalue weighted by atomic mass is 79.9. The van der Waals surface area contributed by atoms with Gasteiger partial charge in [0.2, 0.25) is 0 Å². The number of halogens is 2. The molecule has 1 heterocycles. The van der Waals surface area contributed by atoms with E-state index in [-0.39, 0.29) is 11.6 Å². The summed E-state index contributed by atoms with van der Waals surface area (Å²) in [6.45, 7) is 1.98. The minimum Gasteiger partial charge on any atom is -0.503 e. The minimum atomic E-state index is -0.520. The molecule has 1 unspecified atom stereocenters. The van der Waals surface area contributed by atoms with Crippen LogP contribution in [0, 0.1) is 12.7 Å². The Bertz CT molecular complexity index is 1060. The highest BCUT2D eigenvalue weighted by Crippen LogP contribution is 2.45. The molecule has 0 aromatic heterocycles. The molecule has 3 aromatic rings. The summed E-state index contributed by atoms with van der Waals surface area (Å²) in [4.78, 5) is 14.5. The number of anilines is 1. The third-order valence-electron chi connectivity index (χ3n) is 4.86. The van der Waals surface area contributed by atoms with Gasteiger partial charge in [0.25, 0.3) is 5.91 Å². The van der Waals surface area contributed by atoms with E-state index < -0.39 is 11.9 Å². The maximum atomic E-state index is 13.4. The molecule has 3 aromatic carbocycles. The van der Waals surface area contributed by atoms with Crippen LogP contribution in [-0.2, 0) is 4.79 Å². The van der Waals surface area contributed by atoms with Gasteiger partial charge in [-0.15, -0.1) is 0 Å². The quantitative estimate of drug-likeness (QED) is 0.549. The van der Waals surface area contributed by atoms with Crippen molar-refractivity contribution in [1.29, 1.82) is 0 Å². The van der Waals surface area contributed by atoms with Crippen molar-refractivity contribution >= 4 is 33.1 Å². The monoisotopic (exact) mass is 437 g/mol. The van der Waals surface area contributed by atoms with Gasteiger partial charge in [-0.25, -0.2) is 4.39 Å². The van der Waals surface area contributed by atoms with Crippen LogP contribution in [0.5, 0.6) is 0 Å². The first-order valence-corrected chi connectivity index (χ1v) is 9.60. The van der Waals surface area contributed by atoms with E-state index in [9.17, 15) is 14.3 Å². The lowest BCUT2D eigenvalue weighted by molar-refractivity contribution is -0.117. The average molecular weight is 438 g/mol. The summed E-state index contributed by atoms with van der Waals surface area (Å²) >= 11 is 3.43. The smallest absolute Gasteiger partial charge is 0.294 e. The maximum Gasteiger partial charge on any atom is 0.294 e. The molecule has 1 atom stereocenters. The molecule has 1 amide bonds. The Hall–Kier alpha value is -2.92. The van der Waals surface area contributed by atoms with Gasteiger partial charge in [0.1, 0.15) is 5.82 Å². The number of hydrogen-bond acceptors (Lipinski definition) is 2. The van der Waals surface area contributed by atoms with Crippen molar-refractivity contribution < 1.29 is 14.3 Å². The first kappa shape index (κ1) is 18.4. The molecule has 0 saturated carbocycles. The number of nitrogens with zero attached hydrogens (tertiary/aromatic N) is 1. The van der Waals surface area contributed by atoms with Crippen LogP contribution in [0.1, 0.15) is 22.7 Å². The molecular formula is C23H17BrFNO2. The molecule has 5 heteroatoms. The zero-order chi connectivity index (χ0) is 19.8. The van der Waals surface area contributed by atoms with Crippen molar-refractivity contribution in [3.05, 3.63) is 106 Å². The molecule has 3 nitrogen and oxygen atoms in total. The number of carbonyl (C=O) groups excluding carboxylic acids is 1. The molecule has 1 N–H and O–H groups in total. The zero-order valence-electron chi connectivity index (χ0n) is 15.1.